The number of nitrogens with one attached hydrogen (secondary N) is 1. The number of piperidine rings is 1. The van der Waals surface area contributed by atoms with E-state index in [9.17, 15) is 4.79 Å². The molecule has 35 heavy (non-hydrogen) atoms. The van der Waals surface area contributed by atoms with Crippen molar-refractivity contribution in [3.05, 3.63) is 59.2 Å². The number of hydrogen-bond donors (Lipinski definition) is 1. The lowest BCUT2D eigenvalue weighted by atomic mass is 9.78. The zero-order valence-corrected chi connectivity index (χ0v) is 21.8. The number of aryl methyl sites for hydroxylation is 2. The molecule has 0 unspecified atom stereocenters. The first-order valence-electron chi connectivity index (χ1n) is 13.5. The second kappa shape index (κ2) is 10.0. The maximum absolute atomic E-state index is 13.1. The number of nitrogens with zero attached hydrogens (tertiary/aromatic N) is 3. The SMILES string of the molecule is Cc1ccc(C)c(Cn2c(N3CCC(C(=O)N[C@@H]4CCC[C@H](C)[C@@H]4C)CC3)nc3ccccc32)c1. The van der Waals surface area contributed by atoms with Gasteiger partial charge in [-0.25, -0.2) is 4.98 Å². The summed E-state index contributed by atoms with van der Waals surface area (Å²) in [6.45, 7) is 11.5. The minimum absolute atomic E-state index is 0.104. The van der Waals surface area contributed by atoms with E-state index in [1.54, 1.807) is 0 Å². The van der Waals surface area contributed by atoms with Gasteiger partial charge in [0.1, 0.15) is 0 Å². The van der Waals surface area contributed by atoms with Gasteiger partial charge in [-0.05, 0) is 68.2 Å². The van der Waals surface area contributed by atoms with Gasteiger partial charge in [0.2, 0.25) is 11.9 Å². The second-order valence-electron chi connectivity index (χ2n) is 11.1. The maximum Gasteiger partial charge on any atom is 0.223 e. The topological polar surface area (TPSA) is 50.2 Å². The molecule has 1 aliphatic heterocycles. The van der Waals surface area contributed by atoms with Crippen molar-refractivity contribution < 1.29 is 4.79 Å². The zero-order chi connectivity index (χ0) is 24.5. The molecule has 5 nitrogen and oxygen atoms in total. The van der Waals surface area contributed by atoms with Gasteiger partial charge in [-0.3, -0.25) is 4.79 Å². The molecule has 5 rings (SSSR count). The number of benzene rings is 2. The average Bonchev–Trinajstić information content (AvgIpc) is 3.22. The number of carbonyl (C=O) groups is 1. The Labute approximate surface area is 209 Å². The van der Waals surface area contributed by atoms with Crippen LogP contribution >= 0.6 is 0 Å². The zero-order valence-electron chi connectivity index (χ0n) is 21.8. The van der Waals surface area contributed by atoms with E-state index in [1.165, 1.54) is 35.0 Å². The van der Waals surface area contributed by atoms with E-state index in [0.29, 0.717) is 17.9 Å². The van der Waals surface area contributed by atoms with Crippen LogP contribution in [0.2, 0.25) is 0 Å². The third-order valence-electron chi connectivity index (χ3n) is 8.65. The molecule has 1 aliphatic carbocycles. The fraction of sp³-hybridized carbons (Fsp3) is 0.533. The molecule has 2 aromatic carbocycles. The third-order valence-corrected chi connectivity index (χ3v) is 8.65. The molecule has 1 saturated heterocycles. The van der Waals surface area contributed by atoms with Crippen molar-refractivity contribution in [1.82, 2.24) is 14.9 Å². The van der Waals surface area contributed by atoms with Crippen LogP contribution in [0.1, 0.15) is 62.6 Å². The van der Waals surface area contributed by atoms with Gasteiger partial charge in [-0.2, -0.15) is 0 Å². The Hall–Kier alpha value is -2.82. The molecule has 2 aliphatic rings. The van der Waals surface area contributed by atoms with E-state index in [0.717, 1.165) is 50.4 Å². The number of para-hydroxylation sites is 2. The summed E-state index contributed by atoms with van der Waals surface area (Å²) in [5.74, 6) is 2.66. The third kappa shape index (κ3) is 4.96. The summed E-state index contributed by atoms with van der Waals surface area (Å²) in [4.78, 5) is 20.6. The van der Waals surface area contributed by atoms with Crippen LogP contribution < -0.4 is 10.2 Å². The van der Waals surface area contributed by atoms with Crippen molar-refractivity contribution in [2.75, 3.05) is 18.0 Å². The Kier molecular flexibility index (Phi) is 6.86. The predicted molar refractivity (Wildman–Crippen MR) is 144 cm³/mol. The number of imidazole rings is 1. The minimum Gasteiger partial charge on any atom is -0.353 e. The largest absolute Gasteiger partial charge is 0.353 e. The molecule has 2 heterocycles. The summed E-state index contributed by atoms with van der Waals surface area (Å²) < 4.78 is 2.36. The lowest BCUT2D eigenvalue weighted by Crippen LogP contribution is -2.48. The molecule has 5 heteroatoms. The lowest BCUT2D eigenvalue weighted by molar-refractivity contribution is -0.127. The summed E-state index contributed by atoms with van der Waals surface area (Å²) >= 11 is 0. The van der Waals surface area contributed by atoms with Crippen LogP contribution in [0.4, 0.5) is 5.95 Å². The van der Waals surface area contributed by atoms with Crippen LogP contribution in [0, 0.1) is 31.6 Å². The second-order valence-corrected chi connectivity index (χ2v) is 11.1. The number of amides is 1. The first-order valence-corrected chi connectivity index (χ1v) is 13.5. The maximum atomic E-state index is 13.1. The van der Waals surface area contributed by atoms with Gasteiger partial charge in [-0.15, -0.1) is 0 Å². The van der Waals surface area contributed by atoms with Crippen molar-refractivity contribution in [2.45, 2.75) is 72.4 Å². The Bertz CT molecular complexity index is 1190. The highest BCUT2D eigenvalue weighted by Gasteiger charge is 2.32. The molecule has 0 radical (unpaired) electrons. The highest BCUT2D eigenvalue weighted by molar-refractivity contribution is 5.80. The Balaban J connectivity index is 1.31. The highest BCUT2D eigenvalue weighted by atomic mass is 16.2. The fourth-order valence-electron chi connectivity index (χ4n) is 6.03. The Morgan fingerprint density at radius 3 is 2.60 bits per heavy atom. The van der Waals surface area contributed by atoms with Crippen molar-refractivity contribution in [3.63, 3.8) is 0 Å². The molecule has 1 saturated carbocycles. The van der Waals surface area contributed by atoms with Gasteiger partial charge in [0.25, 0.3) is 0 Å². The van der Waals surface area contributed by atoms with Crippen LogP contribution in [0.25, 0.3) is 11.0 Å². The number of fused-ring (bicyclic) bond motifs is 1. The van der Waals surface area contributed by atoms with Crippen LogP contribution in [0.5, 0.6) is 0 Å². The van der Waals surface area contributed by atoms with Gasteiger partial charge in [0.05, 0.1) is 17.6 Å². The average molecular weight is 473 g/mol. The predicted octanol–water partition coefficient (Wildman–Crippen LogP) is 5.86. The number of rotatable bonds is 5. The van der Waals surface area contributed by atoms with Gasteiger partial charge < -0.3 is 14.8 Å². The molecule has 1 N–H and O–H groups in total. The van der Waals surface area contributed by atoms with Gasteiger partial charge in [0, 0.05) is 25.0 Å². The fourth-order valence-corrected chi connectivity index (χ4v) is 6.03. The van der Waals surface area contributed by atoms with Crippen LogP contribution in [0.3, 0.4) is 0 Å². The number of carbonyl (C=O) groups excluding carboxylic acids is 1. The number of hydrogen-bond acceptors (Lipinski definition) is 3. The molecular formula is C30H40N4O. The van der Waals surface area contributed by atoms with E-state index in [1.807, 2.05) is 0 Å². The normalized spacial score (nSPS) is 23.5. The molecule has 3 aromatic rings. The first kappa shape index (κ1) is 23.9. The summed E-state index contributed by atoms with van der Waals surface area (Å²) in [6.07, 6.45) is 5.41. The molecule has 1 aromatic heterocycles. The van der Waals surface area contributed by atoms with Gasteiger partial charge in [-0.1, -0.05) is 62.6 Å². The Morgan fingerprint density at radius 2 is 1.80 bits per heavy atom. The molecule has 2 fully saturated rings. The molecule has 1 amide bonds. The standard InChI is InChI=1S/C30H40N4O/c1-20-12-13-22(3)25(18-20)19-34-28-11-6-5-9-27(28)32-30(34)33-16-14-24(15-17-33)29(35)31-26-10-7-8-21(2)23(26)4/h5-6,9,11-13,18,21,23-24,26H,7-8,10,14-17,19H2,1-4H3,(H,31,35)/t21-,23-,26+/m0/s1. The summed E-state index contributed by atoms with van der Waals surface area (Å²) in [5, 5.41) is 3.42. The van der Waals surface area contributed by atoms with Crippen LogP contribution in [-0.2, 0) is 11.3 Å². The van der Waals surface area contributed by atoms with Crippen molar-refractivity contribution in [1.29, 1.82) is 0 Å². The number of aromatic nitrogens is 2. The molecule has 0 bridgehead atoms. The van der Waals surface area contributed by atoms with E-state index in [2.05, 4.69) is 84.9 Å². The van der Waals surface area contributed by atoms with Crippen molar-refractivity contribution in [3.8, 4) is 0 Å². The lowest BCUT2D eigenvalue weighted by Gasteiger charge is -2.37. The van der Waals surface area contributed by atoms with Gasteiger partial charge >= 0.3 is 0 Å². The van der Waals surface area contributed by atoms with Crippen LogP contribution in [0.15, 0.2) is 42.5 Å². The first-order chi connectivity index (χ1) is 16.9. The highest BCUT2D eigenvalue weighted by Crippen LogP contribution is 2.31. The van der Waals surface area contributed by atoms with E-state index in [4.69, 9.17) is 4.98 Å². The number of anilines is 1. The monoisotopic (exact) mass is 472 g/mol. The quantitative estimate of drug-likeness (QED) is 0.506. The smallest absolute Gasteiger partial charge is 0.223 e. The molecule has 0 spiro atoms. The minimum atomic E-state index is 0.104. The Morgan fingerprint density at radius 1 is 1.03 bits per heavy atom. The van der Waals surface area contributed by atoms with Gasteiger partial charge in [0.15, 0.2) is 0 Å². The van der Waals surface area contributed by atoms with E-state index in [-0.39, 0.29) is 11.8 Å². The molecule has 186 valence electrons. The molecular weight excluding hydrogens is 432 g/mol. The van der Waals surface area contributed by atoms with Crippen molar-refractivity contribution >= 4 is 22.9 Å². The van der Waals surface area contributed by atoms with Crippen molar-refractivity contribution in [2.24, 2.45) is 17.8 Å². The summed E-state index contributed by atoms with van der Waals surface area (Å²) in [5.41, 5.74) is 6.13. The summed E-state index contributed by atoms with van der Waals surface area (Å²) in [7, 11) is 0. The van der Waals surface area contributed by atoms with E-state index < -0.39 is 0 Å². The molecule has 3 atom stereocenters. The van der Waals surface area contributed by atoms with E-state index >= 15 is 0 Å². The summed E-state index contributed by atoms with van der Waals surface area (Å²) in [6, 6.07) is 15.4. The van der Waals surface area contributed by atoms with Crippen LogP contribution in [-0.4, -0.2) is 34.6 Å².